The minimum absolute atomic E-state index is 0.0850. The maximum Gasteiger partial charge on any atom is 0.0958 e. The van der Waals surface area contributed by atoms with Crippen LogP contribution < -0.4 is 0 Å². The highest BCUT2D eigenvalue weighted by Crippen LogP contribution is 2.34. The van der Waals surface area contributed by atoms with Crippen LogP contribution in [0.15, 0.2) is 11.4 Å². The molecule has 0 saturated heterocycles. The fraction of sp³-hybridized carbons (Fsp3) is 0.588. The Morgan fingerprint density at radius 3 is 2.71 bits per heavy atom. The fourth-order valence-electron chi connectivity index (χ4n) is 2.69. The van der Waals surface area contributed by atoms with Crippen molar-refractivity contribution in [1.82, 2.24) is 4.98 Å². The van der Waals surface area contributed by atoms with Crippen LogP contribution in [0.5, 0.6) is 0 Å². The second-order valence-corrected chi connectivity index (χ2v) is 9.01. The van der Waals surface area contributed by atoms with Gasteiger partial charge in [0.15, 0.2) is 0 Å². The van der Waals surface area contributed by atoms with Crippen LogP contribution >= 0.6 is 22.7 Å². The van der Waals surface area contributed by atoms with Gasteiger partial charge in [0.2, 0.25) is 0 Å². The molecule has 2 nitrogen and oxygen atoms in total. The molecule has 1 atom stereocenters. The summed E-state index contributed by atoms with van der Waals surface area (Å²) in [5.41, 5.74) is 2.68. The summed E-state index contributed by atoms with van der Waals surface area (Å²) in [5, 5.41) is 13.7. The van der Waals surface area contributed by atoms with Crippen molar-refractivity contribution in [2.45, 2.75) is 64.4 Å². The van der Waals surface area contributed by atoms with E-state index in [0.29, 0.717) is 6.42 Å². The molecule has 3 rings (SSSR count). The van der Waals surface area contributed by atoms with E-state index in [9.17, 15) is 5.11 Å². The third kappa shape index (κ3) is 3.38. The van der Waals surface area contributed by atoms with Crippen molar-refractivity contribution in [2.75, 3.05) is 0 Å². The molecule has 21 heavy (non-hydrogen) atoms. The zero-order valence-electron chi connectivity index (χ0n) is 13.0. The molecule has 0 aromatic carbocycles. The molecule has 0 saturated carbocycles. The van der Waals surface area contributed by atoms with Gasteiger partial charge in [0.05, 0.1) is 16.8 Å². The largest absolute Gasteiger partial charge is 0.387 e. The maximum absolute atomic E-state index is 10.5. The van der Waals surface area contributed by atoms with Crippen LogP contribution in [0.25, 0.3) is 0 Å². The van der Waals surface area contributed by atoms with Gasteiger partial charge in [-0.1, -0.05) is 20.8 Å². The number of hydrogen-bond donors (Lipinski definition) is 1. The first kappa shape index (κ1) is 15.2. The van der Waals surface area contributed by atoms with E-state index in [1.807, 2.05) is 0 Å². The molecule has 2 aromatic rings. The number of fused-ring (bicyclic) bond motifs is 1. The van der Waals surface area contributed by atoms with Crippen LogP contribution in [-0.2, 0) is 24.7 Å². The average Bonchev–Trinajstić information content (AvgIpc) is 3.03. The molecule has 0 aliphatic heterocycles. The molecule has 114 valence electrons. The van der Waals surface area contributed by atoms with Crippen molar-refractivity contribution in [3.8, 4) is 0 Å². The van der Waals surface area contributed by atoms with Gasteiger partial charge < -0.3 is 5.11 Å². The number of aryl methyl sites for hydroxylation is 2. The Balaban J connectivity index is 1.72. The Morgan fingerprint density at radius 2 is 2.05 bits per heavy atom. The van der Waals surface area contributed by atoms with E-state index in [-0.39, 0.29) is 5.41 Å². The monoisotopic (exact) mass is 321 g/mol. The number of aromatic nitrogens is 1. The first-order valence-electron chi connectivity index (χ1n) is 7.68. The summed E-state index contributed by atoms with van der Waals surface area (Å²) in [5.74, 6) is 0. The molecular formula is C17H23NOS2. The quantitative estimate of drug-likeness (QED) is 0.892. The summed E-state index contributed by atoms with van der Waals surface area (Å²) in [7, 11) is 0. The number of aliphatic hydroxyl groups is 1. The lowest BCUT2D eigenvalue weighted by atomic mass is 9.93. The number of thiophene rings is 1. The molecule has 0 amide bonds. The summed E-state index contributed by atoms with van der Waals surface area (Å²) in [6, 6.07) is 2.22. The van der Waals surface area contributed by atoms with Crippen molar-refractivity contribution in [3.63, 3.8) is 0 Å². The number of thiazole rings is 1. The first-order valence-corrected chi connectivity index (χ1v) is 9.37. The van der Waals surface area contributed by atoms with Gasteiger partial charge in [-0.05, 0) is 37.3 Å². The van der Waals surface area contributed by atoms with Crippen molar-refractivity contribution in [2.24, 2.45) is 0 Å². The van der Waals surface area contributed by atoms with Gasteiger partial charge in [0.25, 0.3) is 0 Å². The van der Waals surface area contributed by atoms with E-state index >= 15 is 0 Å². The number of rotatable bonds is 3. The van der Waals surface area contributed by atoms with Crippen LogP contribution in [0, 0.1) is 0 Å². The van der Waals surface area contributed by atoms with Gasteiger partial charge in [0.1, 0.15) is 0 Å². The lowest BCUT2D eigenvalue weighted by Crippen LogP contribution is -2.11. The molecule has 1 N–H and O–H groups in total. The van der Waals surface area contributed by atoms with E-state index < -0.39 is 6.10 Å². The van der Waals surface area contributed by atoms with Crippen molar-refractivity contribution in [1.29, 1.82) is 0 Å². The Hall–Kier alpha value is -0.710. The number of nitrogens with zero attached hydrogens (tertiary/aromatic N) is 1. The van der Waals surface area contributed by atoms with Crippen LogP contribution in [0.4, 0.5) is 0 Å². The minimum Gasteiger partial charge on any atom is -0.387 e. The summed E-state index contributed by atoms with van der Waals surface area (Å²) in [4.78, 5) is 7.30. The van der Waals surface area contributed by atoms with Gasteiger partial charge >= 0.3 is 0 Å². The van der Waals surface area contributed by atoms with E-state index in [0.717, 1.165) is 15.6 Å². The van der Waals surface area contributed by atoms with E-state index in [1.165, 1.54) is 36.1 Å². The highest BCUT2D eigenvalue weighted by Gasteiger charge is 2.21. The van der Waals surface area contributed by atoms with Gasteiger partial charge in [-0.15, -0.1) is 22.7 Å². The summed E-state index contributed by atoms with van der Waals surface area (Å²) >= 11 is 3.47. The second-order valence-electron chi connectivity index (χ2n) is 6.90. The smallest absolute Gasteiger partial charge is 0.0958 e. The van der Waals surface area contributed by atoms with Crippen LogP contribution in [0.3, 0.4) is 0 Å². The topological polar surface area (TPSA) is 33.1 Å². The molecule has 0 fully saturated rings. The van der Waals surface area contributed by atoms with E-state index in [4.69, 9.17) is 4.98 Å². The van der Waals surface area contributed by atoms with Crippen molar-refractivity contribution >= 4 is 22.7 Å². The van der Waals surface area contributed by atoms with Crippen molar-refractivity contribution < 1.29 is 5.11 Å². The normalized spacial score (nSPS) is 16.8. The Bertz CT molecular complexity index is 598. The Kier molecular flexibility index (Phi) is 4.21. The highest BCUT2D eigenvalue weighted by molar-refractivity contribution is 7.12. The third-order valence-electron chi connectivity index (χ3n) is 4.03. The highest BCUT2D eigenvalue weighted by atomic mass is 32.1. The maximum atomic E-state index is 10.5. The summed E-state index contributed by atoms with van der Waals surface area (Å²) < 4.78 is 0. The molecule has 0 spiro atoms. The zero-order chi connectivity index (χ0) is 15.0. The first-order chi connectivity index (χ1) is 9.93. The summed E-state index contributed by atoms with van der Waals surface area (Å²) in [6.45, 7) is 6.53. The van der Waals surface area contributed by atoms with Gasteiger partial charge in [0, 0.05) is 27.0 Å². The molecule has 0 bridgehead atoms. The Morgan fingerprint density at radius 1 is 1.29 bits per heavy atom. The predicted octanol–water partition coefficient (Wildman–Crippen LogP) is 4.66. The molecule has 1 aliphatic rings. The molecule has 2 heterocycles. The van der Waals surface area contributed by atoms with Gasteiger partial charge in [-0.25, -0.2) is 4.98 Å². The molecule has 0 radical (unpaired) electrons. The fourth-order valence-corrected chi connectivity index (χ4v) is 5.00. The van der Waals surface area contributed by atoms with E-state index in [2.05, 4.69) is 32.2 Å². The molecule has 2 aromatic heterocycles. The number of aliphatic hydroxyl groups excluding tert-OH is 1. The SMILES string of the molecule is CC(C)(C)c1csc(CC(O)c2cc3c(s2)CCCC3)n1. The van der Waals surface area contributed by atoms with Gasteiger partial charge in [-0.2, -0.15) is 0 Å². The van der Waals surface area contributed by atoms with E-state index in [1.54, 1.807) is 22.7 Å². The minimum atomic E-state index is -0.403. The van der Waals surface area contributed by atoms with Gasteiger partial charge in [-0.3, -0.25) is 0 Å². The molecule has 4 heteroatoms. The van der Waals surface area contributed by atoms with Crippen LogP contribution in [-0.4, -0.2) is 10.1 Å². The van der Waals surface area contributed by atoms with Crippen LogP contribution in [0.1, 0.15) is 65.7 Å². The number of hydrogen-bond acceptors (Lipinski definition) is 4. The van der Waals surface area contributed by atoms with Crippen molar-refractivity contribution in [3.05, 3.63) is 37.5 Å². The van der Waals surface area contributed by atoms with Crippen LogP contribution in [0.2, 0.25) is 0 Å². The molecular weight excluding hydrogens is 298 g/mol. The lowest BCUT2D eigenvalue weighted by molar-refractivity contribution is 0.182. The predicted molar refractivity (Wildman–Crippen MR) is 90.4 cm³/mol. The third-order valence-corrected chi connectivity index (χ3v) is 6.24. The summed E-state index contributed by atoms with van der Waals surface area (Å²) in [6.07, 6.45) is 5.20. The second kappa shape index (κ2) is 5.82. The Labute approximate surface area is 134 Å². The average molecular weight is 322 g/mol. The lowest BCUT2D eigenvalue weighted by Gasteiger charge is -2.14. The zero-order valence-corrected chi connectivity index (χ0v) is 14.6. The molecule has 1 aliphatic carbocycles. The molecule has 1 unspecified atom stereocenters. The standard InChI is InChI=1S/C17H23NOS2/c1-17(2,3)15-10-20-16(18-15)9-12(19)14-8-11-6-4-5-7-13(11)21-14/h8,10,12,19H,4-7,9H2,1-3H3.